The van der Waals surface area contributed by atoms with Gasteiger partial charge in [-0.25, -0.2) is 8.78 Å². The Labute approximate surface area is 116 Å². The quantitative estimate of drug-likeness (QED) is 0.912. The van der Waals surface area contributed by atoms with Crippen LogP contribution in [0, 0.1) is 18.6 Å². The summed E-state index contributed by atoms with van der Waals surface area (Å²) in [4.78, 5) is 11.7. The lowest BCUT2D eigenvalue weighted by Crippen LogP contribution is -2.24. The summed E-state index contributed by atoms with van der Waals surface area (Å²) in [6.07, 6.45) is -0.0992. The molecule has 2 aromatic carbocycles. The summed E-state index contributed by atoms with van der Waals surface area (Å²) in [5.74, 6) is -1.64. The first kappa shape index (κ1) is 14.2. The molecule has 4 heteroatoms. The van der Waals surface area contributed by atoms with Gasteiger partial charge in [0, 0.05) is 12.6 Å². The van der Waals surface area contributed by atoms with Crippen molar-refractivity contribution in [2.45, 2.75) is 19.9 Å². The van der Waals surface area contributed by atoms with Crippen LogP contribution in [-0.2, 0) is 17.8 Å². The van der Waals surface area contributed by atoms with Gasteiger partial charge in [0.15, 0.2) is 0 Å². The largest absolute Gasteiger partial charge is 0.352 e. The Morgan fingerprint density at radius 3 is 2.45 bits per heavy atom. The number of rotatable bonds is 4. The molecule has 0 saturated carbocycles. The summed E-state index contributed by atoms with van der Waals surface area (Å²) in [6, 6.07) is 11.0. The highest BCUT2D eigenvalue weighted by atomic mass is 19.1. The minimum atomic E-state index is -0.699. The van der Waals surface area contributed by atoms with E-state index in [0.29, 0.717) is 6.54 Å². The molecule has 0 fully saturated rings. The number of benzene rings is 2. The Hall–Kier alpha value is -2.23. The van der Waals surface area contributed by atoms with E-state index in [9.17, 15) is 13.6 Å². The standard InChI is InChI=1S/C16H15F2NO/c1-11-2-4-12(5-3-11)10-19-16(20)8-13-6-7-14(17)9-15(13)18/h2-7,9H,8,10H2,1H3,(H,19,20). The van der Waals surface area contributed by atoms with Crippen molar-refractivity contribution in [1.82, 2.24) is 5.32 Å². The molecule has 2 rings (SSSR count). The van der Waals surface area contributed by atoms with Gasteiger partial charge in [-0.2, -0.15) is 0 Å². The molecule has 2 aromatic rings. The lowest BCUT2D eigenvalue weighted by molar-refractivity contribution is -0.120. The van der Waals surface area contributed by atoms with Crippen molar-refractivity contribution in [3.63, 3.8) is 0 Å². The SMILES string of the molecule is Cc1ccc(CNC(=O)Cc2ccc(F)cc2F)cc1. The molecule has 20 heavy (non-hydrogen) atoms. The van der Waals surface area contributed by atoms with Gasteiger partial charge in [0.1, 0.15) is 11.6 Å². The van der Waals surface area contributed by atoms with Gasteiger partial charge in [-0.3, -0.25) is 4.79 Å². The summed E-state index contributed by atoms with van der Waals surface area (Å²) in [5, 5.41) is 2.71. The van der Waals surface area contributed by atoms with Crippen LogP contribution in [0.1, 0.15) is 16.7 Å². The zero-order valence-corrected chi connectivity index (χ0v) is 11.1. The summed E-state index contributed by atoms with van der Waals surface area (Å²) >= 11 is 0. The van der Waals surface area contributed by atoms with E-state index >= 15 is 0 Å². The number of halogens is 2. The molecule has 0 unspecified atom stereocenters. The second-order valence-electron chi connectivity index (χ2n) is 4.67. The molecule has 0 radical (unpaired) electrons. The van der Waals surface area contributed by atoms with Crippen molar-refractivity contribution < 1.29 is 13.6 Å². The molecule has 1 N–H and O–H groups in total. The van der Waals surface area contributed by atoms with E-state index in [0.717, 1.165) is 23.3 Å². The molecule has 0 spiro atoms. The average Bonchev–Trinajstić information content (AvgIpc) is 2.41. The average molecular weight is 275 g/mol. The van der Waals surface area contributed by atoms with Gasteiger partial charge in [-0.15, -0.1) is 0 Å². The predicted molar refractivity (Wildman–Crippen MR) is 73.1 cm³/mol. The lowest BCUT2D eigenvalue weighted by Gasteiger charge is -2.06. The van der Waals surface area contributed by atoms with Gasteiger partial charge in [-0.1, -0.05) is 35.9 Å². The van der Waals surface area contributed by atoms with Crippen molar-refractivity contribution >= 4 is 5.91 Å². The van der Waals surface area contributed by atoms with E-state index in [1.54, 1.807) is 0 Å². The van der Waals surface area contributed by atoms with Crippen LogP contribution in [-0.4, -0.2) is 5.91 Å². The van der Waals surface area contributed by atoms with Gasteiger partial charge >= 0.3 is 0 Å². The van der Waals surface area contributed by atoms with E-state index in [4.69, 9.17) is 0 Å². The molecule has 104 valence electrons. The molecule has 0 saturated heterocycles. The monoisotopic (exact) mass is 275 g/mol. The van der Waals surface area contributed by atoms with Gasteiger partial charge in [0.2, 0.25) is 5.91 Å². The minimum Gasteiger partial charge on any atom is -0.352 e. The Balaban J connectivity index is 1.90. The lowest BCUT2D eigenvalue weighted by atomic mass is 10.1. The molecule has 0 aliphatic heterocycles. The van der Waals surface area contributed by atoms with Crippen LogP contribution in [0.5, 0.6) is 0 Å². The summed E-state index contributed by atoms with van der Waals surface area (Å²) in [5.41, 5.74) is 2.31. The molecular weight excluding hydrogens is 260 g/mol. The fourth-order valence-corrected chi connectivity index (χ4v) is 1.81. The maximum atomic E-state index is 13.4. The van der Waals surface area contributed by atoms with Crippen LogP contribution in [0.25, 0.3) is 0 Å². The van der Waals surface area contributed by atoms with Crippen molar-refractivity contribution in [3.05, 3.63) is 70.8 Å². The summed E-state index contributed by atoms with van der Waals surface area (Å²) < 4.78 is 26.1. The number of nitrogens with one attached hydrogen (secondary N) is 1. The van der Waals surface area contributed by atoms with E-state index < -0.39 is 11.6 Å². The topological polar surface area (TPSA) is 29.1 Å². The number of carbonyl (C=O) groups excluding carboxylic acids is 1. The molecule has 0 bridgehead atoms. The fraction of sp³-hybridized carbons (Fsp3) is 0.188. The minimum absolute atomic E-state index is 0.0992. The fourth-order valence-electron chi connectivity index (χ4n) is 1.81. The first-order valence-corrected chi connectivity index (χ1v) is 6.31. The van der Waals surface area contributed by atoms with E-state index in [1.807, 2.05) is 31.2 Å². The highest BCUT2D eigenvalue weighted by Crippen LogP contribution is 2.10. The molecule has 2 nitrogen and oxygen atoms in total. The Bertz CT molecular complexity index is 608. The van der Waals surface area contributed by atoms with Crippen LogP contribution in [0.3, 0.4) is 0 Å². The normalized spacial score (nSPS) is 10.3. The van der Waals surface area contributed by atoms with Crippen LogP contribution in [0.15, 0.2) is 42.5 Å². The van der Waals surface area contributed by atoms with Crippen LogP contribution in [0.2, 0.25) is 0 Å². The van der Waals surface area contributed by atoms with E-state index in [-0.39, 0.29) is 17.9 Å². The Morgan fingerprint density at radius 1 is 1.10 bits per heavy atom. The van der Waals surface area contributed by atoms with Gasteiger partial charge < -0.3 is 5.32 Å². The third kappa shape index (κ3) is 3.88. The molecule has 0 atom stereocenters. The molecule has 0 aromatic heterocycles. The Kier molecular flexibility index (Phi) is 4.45. The molecule has 0 heterocycles. The van der Waals surface area contributed by atoms with Crippen LogP contribution in [0.4, 0.5) is 8.78 Å². The first-order chi connectivity index (χ1) is 9.54. The van der Waals surface area contributed by atoms with Crippen molar-refractivity contribution in [2.75, 3.05) is 0 Å². The third-order valence-electron chi connectivity index (χ3n) is 2.98. The highest BCUT2D eigenvalue weighted by molar-refractivity contribution is 5.78. The number of amides is 1. The highest BCUT2D eigenvalue weighted by Gasteiger charge is 2.08. The van der Waals surface area contributed by atoms with Crippen LogP contribution < -0.4 is 5.32 Å². The number of hydrogen-bond acceptors (Lipinski definition) is 1. The van der Waals surface area contributed by atoms with Crippen molar-refractivity contribution in [2.24, 2.45) is 0 Å². The molecular formula is C16H15F2NO. The van der Waals surface area contributed by atoms with Gasteiger partial charge in [-0.05, 0) is 24.1 Å². The number of aryl methyl sites for hydroxylation is 1. The van der Waals surface area contributed by atoms with Gasteiger partial charge in [0.25, 0.3) is 0 Å². The first-order valence-electron chi connectivity index (χ1n) is 6.31. The smallest absolute Gasteiger partial charge is 0.224 e. The maximum Gasteiger partial charge on any atom is 0.224 e. The van der Waals surface area contributed by atoms with Crippen molar-refractivity contribution in [3.8, 4) is 0 Å². The second kappa shape index (κ2) is 6.28. The van der Waals surface area contributed by atoms with E-state index in [2.05, 4.69) is 5.32 Å². The number of carbonyl (C=O) groups is 1. The molecule has 0 aliphatic rings. The number of hydrogen-bond donors (Lipinski definition) is 1. The maximum absolute atomic E-state index is 13.4. The van der Waals surface area contributed by atoms with Crippen molar-refractivity contribution in [1.29, 1.82) is 0 Å². The zero-order chi connectivity index (χ0) is 14.5. The third-order valence-corrected chi connectivity index (χ3v) is 2.98. The van der Waals surface area contributed by atoms with Gasteiger partial charge in [0.05, 0.1) is 6.42 Å². The van der Waals surface area contributed by atoms with E-state index in [1.165, 1.54) is 6.07 Å². The van der Waals surface area contributed by atoms with Crippen LogP contribution >= 0.6 is 0 Å². The molecule has 1 amide bonds. The molecule has 0 aliphatic carbocycles. The Morgan fingerprint density at radius 2 is 1.80 bits per heavy atom. The second-order valence-corrected chi connectivity index (χ2v) is 4.67. The predicted octanol–water partition coefficient (Wildman–Crippen LogP) is 3.13. The summed E-state index contributed by atoms with van der Waals surface area (Å²) in [7, 11) is 0. The summed E-state index contributed by atoms with van der Waals surface area (Å²) in [6.45, 7) is 2.38. The zero-order valence-electron chi connectivity index (χ0n) is 11.1.